The van der Waals surface area contributed by atoms with Gasteiger partial charge in [-0.2, -0.15) is 0 Å². The molecule has 3 rings (SSSR count). The topological polar surface area (TPSA) is 54.7 Å². The Hall–Kier alpha value is -2.12. The number of thioether (sulfide) groups is 1. The summed E-state index contributed by atoms with van der Waals surface area (Å²) in [7, 11) is 1.82. The lowest BCUT2D eigenvalue weighted by Gasteiger charge is -2.17. The zero-order valence-corrected chi connectivity index (χ0v) is 16.5. The van der Waals surface area contributed by atoms with Gasteiger partial charge < -0.3 is 4.90 Å². The van der Waals surface area contributed by atoms with Gasteiger partial charge in [0.2, 0.25) is 5.91 Å². The molecule has 3 aromatic rings. The van der Waals surface area contributed by atoms with Crippen molar-refractivity contribution in [3.63, 3.8) is 0 Å². The van der Waals surface area contributed by atoms with Crippen molar-refractivity contribution in [3.8, 4) is 0 Å². The van der Waals surface area contributed by atoms with Crippen LogP contribution in [0, 0.1) is 0 Å². The van der Waals surface area contributed by atoms with Crippen molar-refractivity contribution in [2.45, 2.75) is 25.6 Å². The second-order valence-corrected chi connectivity index (χ2v) is 7.91. The molecule has 0 saturated heterocycles. The van der Waals surface area contributed by atoms with Crippen LogP contribution in [-0.2, 0) is 23.5 Å². The fraction of sp³-hybridized carbons (Fsp3) is 0.316. The van der Waals surface area contributed by atoms with E-state index in [1.165, 1.54) is 39.1 Å². The number of thiazole rings is 1. The van der Waals surface area contributed by atoms with Gasteiger partial charge in [-0.1, -0.05) is 31.2 Å². The fourth-order valence-corrected chi connectivity index (χ4v) is 4.15. The predicted molar refractivity (Wildman–Crippen MR) is 108 cm³/mol. The van der Waals surface area contributed by atoms with E-state index in [9.17, 15) is 9.59 Å². The molecule has 26 heavy (non-hydrogen) atoms. The van der Waals surface area contributed by atoms with Crippen LogP contribution in [0.1, 0.15) is 23.7 Å². The summed E-state index contributed by atoms with van der Waals surface area (Å²) in [6.07, 6.45) is 2.73. The molecule has 7 heteroatoms. The van der Waals surface area contributed by atoms with Crippen molar-refractivity contribution in [3.05, 3.63) is 69.1 Å². The first kappa shape index (κ1) is 18.7. The molecule has 0 aliphatic carbocycles. The maximum Gasteiger partial charge on any atom is 0.258 e. The summed E-state index contributed by atoms with van der Waals surface area (Å²) in [6, 6.07) is 9.89. The number of nitrogens with zero attached hydrogens (tertiary/aromatic N) is 3. The van der Waals surface area contributed by atoms with Crippen LogP contribution in [0.2, 0.25) is 0 Å². The molecule has 0 aliphatic rings. The van der Waals surface area contributed by atoms with Crippen molar-refractivity contribution < 1.29 is 4.79 Å². The Morgan fingerprint density at radius 1 is 1.27 bits per heavy atom. The number of benzene rings is 1. The smallest absolute Gasteiger partial charge is 0.258 e. The van der Waals surface area contributed by atoms with Gasteiger partial charge in [0.15, 0.2) is 4.96 Å². The molecule has 2 heterocycles. The summed E-state index contributed by atoms with van der Waals surface area (Å²) in [5.41, 5.74) is 3.06. The number of carbonyl (C=O) groups excluding carboxylic acids is 1. The second kappa shape index (κ2) is 8.51. The first-order valence-corrected chi connectivity index (χ1v) is 10.5. The van der Waals surface area contributed by atoms with E-state index in [0.717, 1.165) is 12.0 Å². The average Bonchev–Trinajstić information content (AvgIpc) is 3.11. The van der Waals surface area contributed by atoms with Crippen molar-refractivity contribution in [1.29, 1.82) is 0 Å². The number of aromatic nitrogens is 2. The largest absolute Gasteiger partial charge is 0.341 e. The van der Waals surface area contributed by atoms with E-state index >= 15 is 0 Å². The maximum atomic E-state index is 12.3. The summed E-state index contributed by atoms with van der Waals surface area (Å²) in [6.45, 7) is 2.73. The molecular weight excluding hydrogens is 366 g/mol. The zero-order chi connectivity index (χ0) is 18.5. The molecule has 0 radical (unpaired) electrons. The normalized spacial score (nSPS) is 11.0. The highest BCUT2D eigenvalue weighted by molar-refractivity contribution is 7.99. The lowest BCUT2D eigenvalue weighted by Crippen LogP contribution is -2.27. The van der Waals surface area contributed by atoms with Gasteiger partial charge in [-0.3, -0.25) is 14.0 Å². The number of amides is 1. The van der Waals surface area contributed by atoms with Gasteiger partial charge in [-0.25, -0.2) is 4.98 Å². The Morgan fingerprint density at radius 3 is 2.73 bits per heavy atom. The molecule has 0 saturated carbocycles. The van der Waals surface area contributed by atoms with Gasteiger partial charge in [0.05, 0.1) is 11.4 Å². The third-order valence-electron chi connectivity index (χ3n) is 4.11. The number of hydrogen-bond donors (Lipinski definition) is 0. The summed E-state index contributed by atoms with van der Waals surface area (Å²) < 4.78 is 1.53. The van der Waals surface area contributed by atoms with Gasteiger partial charge in [0.1, 0.15) is 0 Å². The van der Waals surface area contributed by atoms with Crippen molar-refractivity contribution in [1.82, 2.24) is 14.3 Å². The van der Waals surface area contributed by atoms with Gasteiger partial charge in [0, 0.05) is 37.0 Å². The highest BCUT2D eigenvalue weighted by Gasteiger charge is 2.10. The fourth-order valence-electron chi connectivity index (χ4n) is 2.56. The molecule has 0 atom stereocenters. The lowest BCUT2D eigenvalue weighted by atomic mass is 10.1. The molecule has 0 aliphatic heterocycles. The minimum atomic E-state index is -0.0779. The van der Waals surface area contributed by atoms with Gasteiger partial charge in [0.25, 0.3) is 5.56 Å². The van der Waals surface area contributed by atoms with E-state index in [-0.39, 0.29) is 11.5 Å². The van der Waals surface area contributed by atoms with Crippen LogP contribution in [0.5, 0.6) is 0 Å². The standard InChI is InChI=1S/C19H21N3O2S2/c1-3-14-4-6-15(7-5-14)11-21(2)18(24)13-25-12-16-10-17(23)22-8-9-26-19(22)20-16/h4-10H,3,11-13H2,1-2H3. The third kappa shape index (κ3) is 4.53. The molecule has 0 unspecified atom stereocenters. The Bertz CT molecular complexity index is 947. The van der Waals surface area contributed by atoms with Crippen LogP contribution in [0.25, 0.3) is 4.96 Å². The monoisotopic (exact) mass is 387 g/mol. The van der Waals surface area contributed by atoms with Crippen LogP contribution in [0.15, 0.2) is 46.7 Å². The predicted octanol–water partition coefficient (Wildman–Crippen LogP) is 3.21. The molecule has 136 valence electrons. The molecule has 1 aromatic carbocycles. The minimum Gasteiger partial charge on any atom is -0.341 e. The van der Waals surface area contributed by atoms with E-state index in [1.807, 2.05) is 12.4 Å². The summed E-state index contributed by atoms with van der Waals surface area (Å²) in [4.78, 5) is 31.2. The zero-order valence-electron chi connectivity index (χ0n) is 14.8. The molecule has 1 amide bonds. The summed E-state index contributed by atoms with van der Waals surface area (Å²) in [5.74, 6) is 0.993. The van der Waals surface area contributed by atoms with E-state index < -0.39 is 0 Å². The number of carbonyl (C=O) groups is 1. The van der Waals surface area contributed by atoms with Gasteiger partial charge in [-0.05, 0) is 17.5 Å². The van der Waals surface area contributed by atoms with Crippen LogP contribution in [0.3, 0.4) is 0 Å². The van der Waals surface area contributed by atoms with Crippen molar-refractivity contribution in [2.75, 3.05) is 12.8 Å². The molecule has 0 fully saturated rings. The first-order chi connectivity index (χ1) is 12.6. The number of rotatable bonds is 7. The van der Waals surface area contributed by atoms with E-state index in [0.29, 0.717) is 28.7 Å². The molecule has 0 N–H and O–H groups in total. The van der Waals surface area contributed by atoms with Crippen LogP contribution >= 0.6 is 23.1 Å². The van der Waals surface area contributed by atoms with Crippen LogP contribution < -0.4 is 5.56 Å². The Kier molecular flexibility index (Phi) is 6.11. The minimum absolute atomic E-state index is 0.0727. The van der Waals surface area contributed by atoms with Gasteiger partial charge in [-0.15, -0.1) is 23.1 Å². The Labute approximate surface area is 160 Å². The highest BCUT2D eigenvalue weighted by Crippen LogP contribution is 2.14. The Balaban J connectivity index is 1.51. The average molecular weight is 388 g/mol. The second-order valence-electron chi connectivity index (χ2n) is 6.05. The number of aryl methyl sites for hydroxylation is 1. The summed E-state index contributed by atoms with van der Waals surface area (Å²) in [5, 5.41) is 1.84. The number of fused-ring (bicyclic) bond motifs is 1. The van der Waals surface area contributed by atoms with E-state index in [1.54, 1.807) is 11.1 Å². The molecule has 5 nitrogen and oxygen atoms in total. The highest BCUT2D eigenvalue weighted by atomic mass is 32.2. The third-order valence-corrected chi connectivity index (χ3v) is 5.82. The SMILES string of the molecule is CCc1ccc(CN(C)C(=O)CSCc2cc(=O)n3ccsc3n2)cc1. The van der Waals surface area contributed by atoms with E-state index in [4.69, 9.17) is 0 Å². The van der Waals surface area contributed by atoms with E-state index in [2.05, 4.69) is 36.2 Å². The molecule has 0 bridgehead atoms. The number of hydrogen-bond acceptors (Lipinski definition) is 5. The Morgan fingerprint density at radius 2 is 2.00 bits per heavy atom. The van der Waals surface area contributed by atoms with Crippen molar-refractivity contribution >= 4 is 34.0 Å². The van der Waals surface area contributed by atoms with Crippen molar-refractivity contribution in [2.24, 2.45) is 0 Å². The quantitative estimate of drug-likeness (QED) is 0.625. The lowest BCUT2D eigenvalue weighted by molar-refractivity contribution is -0.127. The van der Waals surface area contributed by atoms with Crippen LogP contribution in [0.4, 0.5) is 0 Å². The molecule has 0 spiro atoms. The molecular formula is C19H21N3O2S2. The molecule has 2 aromatic heterocycles. The summed E-state index contributed by atoms with van der Waals surface area (Å²) >= 11 is 2.91. The maximum absolute atomic E-state index is 12.3. The first-order valence-electron chi connectivity index (χ1n) is 8.42. The van der Waals surface area contributed by atoms with Crippen LogP contribution in [-0.4, -0.2) is 33.0 Å². The van der Waals surface area contributed by atoms with Gasteiger partial charge >= 0.3 is 0 Å².